The first kappa shape index (κ1) is 15.8. The molecule has 5 aromatic carbocycles. The zero-order chi connectivity index (χ0) is 18.2. The van der Waals surface area contributed by atoms with E-state index in [4.69, 9.17) is 0 Å². The highest BCUT2D eigenvalue weighted by Crippen LogP contribution is 2.34. The van der Waals surface area contributed by atoms with Crippen LogP contribution in [0.5, 0.6) is 0 Å². The van der Waals surface area contributed by atoms with Gasteiger partial charge in [-0.25, -0.2) is 0 Å². The lowest BCUT2D eigenvalue weighted by atomic mass is 9.92. The van der Waals surface area contributed by atoms with Crippen molar-refractivity contribution >= 4 is 21.5 Å². The molecule has 0 spiro atoms. The third-order valence-electron chi connectivity index (χ3n) is 5.37. The maximum absolute atomic E-state index is 2.34. The zero-order valence-electron chi connectivity index (χ0n) is 15.3. The van der Waals surface area contributed by atoms with Crippen molar-refractivity contribution in [3.8, 4) is 22.3 Å². The molecule has 0 saturated carbocycles. The molecule has 0 unspecified atom stereocenters. The van der Waals surface area contributed by atoms with Gasteiger partial charge in [0.15, 0.2) is 0 Å². The number of hydrogen-bond donors (Lipinski definition) is 0. The molecule has 0 nitrogen and oxygen atoms in total. The van der Waals surface area contributed by atoms with Gasteiger partial charge in [-0.05, 0) is 68.4 Å². The fourth-order valence-corrected chi connectivity index (χ4v) is 3.96. The lowest BCUT2D eigenvalue weighted by molar-refractivity contribution is 1.55. The Bertz CT molecular complexity index is 1250. The molecule has 0 atom stereocenters. The quantitative estimate of drug-likeness (QED) is 0.289. The summed E-state index contributed by atoms with van der Waals surface area (Å²) >= 11 is 0. The molecule has 0 radical (unpaired) electrons. The van der Waals surface area contributed by atoms with E-state index in [9.17, 15) is 0 Å². The summed E-state index contributed by atoms with van der Waals surface area (Å²) in [5.41, 5.74) is 6.36. The molecule has 0 saturated heterocycles. The summed E-state index contributed by atoms with van der Waals surface area (Å²) in [7, 11) is 0. The predicted molar refractivity (Wildman–Crippen MR) is 117 cm³/mol. The second-order valence-corrected chi connectivity index (χ2v) is 7.12. The molecule has 128 valence electrons. The topological polar surface area (TPSA) is 0 Å². The Kier molecular flexibility index (Phi) is 3.76. The molecule has 0 heterocycles. The Morgan fingerprint density at radius 1 is 0.407 bits per heavy atom. The monoisotopic (exact) mass is 344 g/mol. The van der Waals surface area contributed by atoms with E-state index in [-0.39, 0.29) is 0 Å². The summed E-state index contributed by atoms with van der Waals surface area (Å²) in [5.74, 6) is 0. The first-order chi connectivity index (χ1) is 13.3. The molecular weight excluding hydrogens is 324 g/mol. The highest BCUT2D eigenvalue weighted by Gasteiger charge is 2.08. The van der Waals surface area contributed by atoms with E-state index >= 15 is 0 Å². The molecule has 5 aromatic rings. The maximum atomic E-state index is 2.34. The van der Waals surface area contributed by atoms with Crippen molar-refractivity contribution in [1.29, 1.82) is 0 Å². The van der Waals surface area contributed by atoms with Gasteiger partial charge in [0.2, 0.25) is 0 Å². The molecule has 0 aliphatic heterocycles. The van der Waals surface area contributed by atoms with Gasteiger partial charge in [0.1, 0.15) is 0 Å². The van der Waals surface area contributed by atoms with Crippen LogP contribution < -0.4 is 0 Å². The minimum absolute atomic E-state index is 1.26. The fourth-order valence-electron chi connectivity index (χ4n) is 3.96. The van der Waals surface area contributed by atoms with Gasteiger partial charge in [-0.1, -0.05) is 91.0 Å². The van der Waals surface area contributed by atoms with Crippen LogP contribution in [-0.4, -0.2) is 0 Å². The van der Waals surface area contributed by atoms with Crippen molar-refractivity contribution < 1.29 is 0 Å². The molecule has 0 amide bonds. The van der Waals surface area contributed by atoms with Gasteiger partial charge in [0, 0.05) is 0 Å². The molecule has 5 rings (SSSR count). The largest absolute Gasteiger partial charge is 0.0622 e. The van der Waals surface area contributed by atoms with Crippen LogP contribution in [-0.2, 0) is 0 Å². The molecule has 0 aliphatic rings. The SMILES string of the molecule is Cc1cc2ccc(-c3ccccc3)cc2c2cc(-c3ccccc3)ccc12. The molecule has 0 fully saturated rings. The van der Waals surface area contributed by atoms with Crippen molar-refractivity contribution in [1.82, 2.24) is 0 Å². The van der Waals surface area contributed by atoms with E-state index in [2.05, 4.69) is 110 Å². The average Bonchev–Trinajstić information content (AvgIpc) is 2.75. The second kappa shape index (κ2) is 6.41. The molecule has 0 bridgehead atoms. The third-order valence-corrected chi connectivity index (χ3v) is 5.37. The Morgan fingerprint density at radius 3 is 1.59 bits per heavy atom. The highest BCUT2D eigenvalue weighted by molar-refractivity contribution is 6.11. The van der Waals surface area contributed by atoms with Crippen molar-refractivity contribution in [2.75, 3.05) is 0 Å². The van der Waals surface area contributed by atoms with Crippen LogP contribution in [0.2, 0.25) is 0 Å². The van der Waals surface area contributed by atoms with Gasteiger partial charge >= 0.3 is 0 Å². The Hall–Kier alpha value is -3.38. The normalized spacial score (nSPS) is 11.1. The van der Waals surface area contributed by atoms with E-state index < -0.39 is 0 Å². The van der Waals surface area contributed by atoms with Gasteiger partial charge in [0.25, 0.3) is 0 Å². The van der Waals surface area contributed by atoms with E-state index in [0.29, 0.717) is 0 Å². The predicted octanol–water partition coefficient (Wildman–Crippen LogP) is 7.64. The average molecular weight is 344 g/mol. The number of benzene rings is 5. The van der Waals surface area contributed by atoms with Crippen molar-refractivity contribution in [2.45, 2.75) is 6.92 Å². The Morgan fingerprint density at radius 2 is 0.963 bits per heavy atom. The highest BCUT2D eigenvalue weighted by atomic mass is 14.1. The van der Waals surface area contributed by atoms with E-state index in [0.717, 1.165) is 0 Å². The molecule has 0 N–H and O–H groups in total. The Labute approximate surface area is 159 Å². The molecule has 0 aromatic heterocycles. The summed E-state index contributed by atoms with van der Waals surface area (Å²) in [6.07, 6.45) is 0. The first-order valence-corrected chi connectivity index (χ1v) is 9.37. The van der Waals surface area contributed by atoms with Gasteiger partial charge in [-0.2, -0.15) is 0 Å². The zero-order valence-corrected chi connectivity index (χ0v) is 15.3. The number of rotatable bonds is 2. The summed E-state index contributed by atoms with van der Waals surface area (Å²) in [5, 5.41) is 5.26. The summed E-state index contributed by atoms with van der Waals surface area (Å²) in [4.78, 5) is 0. The van der Waals surface area contributed by atoms with Crippen LogP contribution in [0.4, 0.5) is 0 Å². The van der Waals surface area contributed by atoms with Gasteiger partial charge in [-0.15, -0.1) is 0 Å². The van der Waals surface area contributed by atoms with Crippen LogP contribution in [0.1, 0.15) is 5.56 Å². The lowest BCUT2D eigenvalue weighted by Gasteiger charge is -2.12. The van der Waals surface area contributed by atoms with Crippen LogP contribution in [0.15, 0.2) is 103 Å². The lowest BCUT2D eigenvalue weighted by Crippen LogP contribution is -1.86. The molecule has 0 aliphatic carbocycles. The number of aryl methyl sites for hydroxylation is 1. The maximum Gasteiger partial charge on any atom is -0.00964 e. The van der Waals surface area contributed by atoms with Crippen molar-refractivity contribution in [2.24, 2.45) is 0 Å². The smallest absolute Gasteiger partial charge is 0.00964 e. The first-order valence-electron chi connectivity index (χ1n) is 9.37. The summed E-state index contributed by atoms with van der Waals surface area (Å²) in [6, 6.07) is 37.2. The van der Waals surface area contributed by atoms with E-state index in [1.165, 1.54) is 49.4 Å². The van der Waals surface area contributed by atoms with E-state index in [1.807, 2.05) is 0 Å². The standard InChI is InChI=1S/C27H20/c1-19-16-24-13-12-22(20-8-4-2-5-9-20)17-26(24)27-18-23(14-15-25(19)27)21-10-6-3-7-11-21/h2-18H,1H3. The number of fused-ring (bicyclic) bond motifs is 3. The van der Waals surface area contributed by atoms with Crippen LogP contribution in [0, 0.1) is 6.92 Å². The molecular formula is C27H20. The van der Waals surface area contributed by atoms with Gasteiger partial charge in [0.05, 0.1) is 0 Å². The van der Waals surface area contributed by atoms with Gasteiger partial charge < -0.3 is 0 Å². The minimum Gasteiger partial charge on any atom is -0.0622 e. The van der Waals surface area contributed by atoms with Crippen LogP contribution in [0.25, 0.3) is 43.8 Å². The Balaban J connectivity index is 1.80. The van der Waals surface area contributed by atoms with E-state index in [1.54, 1.807) is 0 Å². The number of hydrogen-bond acceptors (Lipinski definition) is 0. The third kappa shape index (κ3) is 2.80. The second-order valence-electron chi connectivity index (χ2n) is 7.12. The minimum atomic E-state index is 1.26. The van der Waals surface area contributed by atoms with Crippen molar-refractivity contribution in [3.63, 3.8) is 0 Å². The molecule has 0 heteroatoms. The van der Waals surface area contributed by atoms with Crippen LogP contribution in [0.3, 0.4) is 0 Å². The van der Waals surface area contributed by atoms with Crippen LogP contribution >= 0.6 is 0 Å². The van der Waals surface area contributed by atoms with Gasteiger partial charge in [-0.3, -0.25) is 0 Å². The van der Waals surface area contributed by atoms with Crippen molar-refractivity contribution in [3.05, 3.63) is 109 Å². The summed E-state index contributed by atoms with van der Waals surface area (Å²) in [6.45, 7) is 2.20. The molecule has 27 heavy (non-hydrogen) atoms. The fraction of sp³-hybridized carbons (Fsp3) is 0.0370. The summed E-state index contributed by atoms with van der Waals surface area (Å²) < 4.78 is 0.